The third-order valence-electron chi connectivity index (χ3n) is 5.40. The van der Waals surface area contributed by atoms with Crippen LogP contribution in [0, 0.1) is 0 Å². The number of amides is 1. The summed E-state index contributed by atoms with van der Waals surface area (Å²) < 4.78 is 0. The quantitative estimate of drug-likeness (QED) is 0.420. The Labute approximate surface area is 172 Å². The minimum Gasteiger partial charge on any atom is -0.366 e. The summed E-state index contributed by atoms with van der Waals surface area (Å²) in [4.78, 5) is 29.4. The number of nitrogens with one attached hydrogen (secondary N) is 1. The van der Waals surface area contributed by atoms with Crippen LogP contribution in [0.25, 0.3) is 44.1 Å². The second kappa shape index (κ2) is 7.01. The third kappa shape index (κ3) is 2.78. The number of hydrogen-bond acceptors (Lipinski definition) is 2. The molecule has 0 aliphatic heterocycles. The molecule has 0 fully saturated rings. The topological polar surface area (TPSA) is 76.0 Å². The van der Waals surface area contributed by atoms with Crippen LogP contribution in [0.3, 0.4) is 0 Å². The zero-order valence-electron chi connectivity index (χ0n) is 16.1. The van der Waals surface area contributed by atoms with Gasteiger partial charge in [-0.05, 0) is 34.9 Å². The van der Waals surface area contributed by atoms with Gasteiger partial charge in [0.1, 0.15) is 0 Å². The summed E-state index contributed by atoms with van der Waals surface area (Å²) in [6.45, 7) is 0. The Balaban J connectivity index is 2.04. The standard InChI is InChI=1S/C26H18N2O2/c27-26(30)23-22(17-11-5-2-6-12-17)19(16-9-3-1-4-10-16)15-20-24(23)28-21-14-8-7-13-18(21)25(20)29/h1-15H,(H2,27,30)(H,28,29). The fraction of sp³-hybridized carbons (Fsp3) is 0. The number of carbonyl (C=O) groups is 1. The third-order valence-corrected chi connectivity index (χ3v) is 5.40. The van der Waals surface area contributed by atoms with Crippen molar-refractivity contribution in [3.05, 3.63) is 107 Å². The summed E-state index contributed by atoms with van der Waals surface area (Å²) in [5.41, 5.74) is 10.5. The monoisotopic (exact) mass is 390 g/mol. The van der Waals surface area contributed by atoms with Crippen LogP contribution in [-0.4, -0.2) is 10.9 Å². The highest BCUT2D eigenvalue weighted by Crippen LogP contribution is 2.38. The Kier molecular flexibility index (Phi) is 4.18. The van der Waals surface area contributed by atoms with Crippen LogP contribution < -0.4 is 11.2 Å². The number of aromatic nitrogens is 1. The van der Waals surface area contributed by atoms with Crippen molar-refractivity contribution in [1.29, 1.82) is 0 Å². The van der Waals surface area contributed by atoms with Crippen LogP contribution in [0.2, 0.25) is 0 Å². The van der Waals surface area contributed by atoms with E-state index in [0.717, 1.165) is 16.7 Å². The largest absolute Gasteiger partial charge is 0.366 e. The molecular formula is C26H18N2O2. The molecule has 0 unspecified atom stereocenters. The first kappa shape index (κ1) is 17.9. The molecule has 0 bridgehead atoms. The number of carbonyl (C=O) groups excluding carboxylic acids is 1. The van der Waals surface area contributed by atoms with Gasteiger partial charge in [0.2, 0.25) is 0 Å². The Hall–Kier alpha value is -4.18. The van der Waals surface area contributed by atoms with E-state index in [0.29, 0.717) is 32.9 Å². The van der Waals surface area contributed by atoms with Crippen LogP contribution in [0.1, 0.15) is 10.4 Å². The molecule has 0 saturated heterocycles. The molecule has 5 aromatic rings. The van der Waals surface area contributed by atoms with Crippen LogP contribution >= 0.6 is 0 Å². The number of aromatic amines is 1. The summed E-state index contributed by atoms with van der Waals surface area (Å²) >= 11 is 0. The molecule has 0 spiro atoms. The number of para-hydroxylation sites is 1. The van der Waals surface area contributed by atoms with Crippen molar-refractivity contribution in [2.24, 2.45) is 5.73 Å². The molecule has 4 heteroatoms. The van der Waals surface area contributed by atoms with Crippen LogP contribution in [0.15, 0.2) is 95.8 Å². The Morgan fingerprint density at radius 3 is 2.00 bits per heavy atom. The van der Waals surface area contributed by atoms with Gasteiger partial charge in [-0.25, -0.2) is 0 Å². The summed E-state index contributed by atoms with van der Waals surface area (Å²) in [6, 6.07) is 28.5. The van der Waals surface area contributed by atoms with Gasteiger partial charge in [0, 0.05) is 21.9 Å². The van der Waals surface area contributed by atoms with E-state index in [1.165, 1.54) is 0 Å². The second-order valence-corrected chi connectivity index (χ2v) is 7.19. The van der Waals surface area contributed by atoms with E-state index in [1.54, 1.807) is 6.07 Å². The fourth-order valence-electron chi connectivity index (χ4n) is 4.06. The van der Waals surface area contributed by atoms with Crippen LogP contribution in [0.5, 0.6) is 0 Å². The molecular weight excluding hydrogens is 372 g/mol. The summed E-state index contributed by atoms with van der Waals surface area (Å²) in [6.07, 6.45) is 0. The van der Waals surface area contributed by atoms with Crippen molar-refractivity contribution in [3.8, 4) is 22.3 Å². The first-order valence-electron chi connectivity index (χ1n) is 9.67. The molecule has 3 N–H and O–H groups in total. The summed E-state index contributed by atoms with van der Waals surface area (Å²) in [5, 5.41) is 1.02. The van der Waals surface area contributed by atoms with Crippen molar-refractivity contribution in [1.82, 2.24) is 4.98 Å². The van der Waals surface area contributed by atoms with E-state index in [1.807, 2.05) is 84.9 Å². The average Bonchev–Trinajstić information content (AvgIpc) is 2.79. The van der Waals surface area contributed by atoms with Gasteiger partial charge in [0.05, 0.1) is 11.1 Å². The highest BCUT2D eigenvalue weighted by atomic mass is 16.1. The van der Waals surface area contributed by atoms with E-state index in [4.69, 9.17) is 5.73 Å². The van der Waals surface area contributed by atoms with Crippen molar-refractivity contribution < 1.29 is 4.79 Å². The molecule has 30 heavy (non-hydrogen) atoms. The smallest absolute Gasteiger partial charge is 0.251 e. The molecule has 0 atom stereocenters. The lowest BCUT2D eigenvalue weighted by Gasteiger charge is -2.17. The number of nitrogens with two attached hydrogens (primary N) is 1. The van der Waals surface area contributed by atoms with E-state index < -0.39 is 5.91 Å². The molecule has 0 radical (unpaired) electrons. The summed E-state index contributed by atoms with van der Waals surface area (Å²) in [7, 11) is 0. The summed E-state index contributed by atoms with van der Waals surface area (Å²) in [5.74, 6) is -0.581. The zero-order valence-corrected chi connectivity index (χ0v) is 16.1. The lowest BCUT2D eigenvalue weighted by molar-refractivity contribution is 0.100. The molecule has 144 valence electrons. The number of hydrogen-bond donors (Lipinski definition) is 2. The van der Waals surface area contributed by atoms with E-state index >= 15 is 0 Å². The predicted octanol–water partition coefficient (Wildman–Crippen LogP) is 5.11. The number of fused-ring (bicyclic) bond motifs is 2. The highest BCUT2D eigenvalue weighted by molar-refractivity contribution is 6.15. The minimum absolute atomic E-state index is 0.126. The molecule has 4 aromatic carbocycles. The van der Waals surface area contributed by atoms with Gasteiger partial charge in [-0.15, -0.1) is 0 Å². The Bertz CT molecular complexity index is 1470. The van der Waals surface area contributed by atoms with Gasteiger partial charge in [0.15, 0.2) is 5.43 Å². The van der Waals surface area contributed by atoms with E-state index in [9.17, 15) is 9.59 Å². The molecule has 1 heterocycles. The molecule has 5 rings (SSSR count). The number of pyridine rings is 1. The van der Waals surface area contributed by atoms with Crippen molar-refractivity contribution in [2.75, 3.05) is 0 Å². The SMILES string of the molecule is NC(=O)c1c(-c2ccccc2)c(-c2ccccc2)cc2c(=O)c3ccccc3[nH]c12. The van der Waals surface area contributed by atoms with Gasteiger partial charge >= 0.3 is 0 Å². The number of H-pyrrole nitrogens is 1. The normalized spacial score (nSPS) is 11.1. The van der Waals surface area contributed by atoms with Gasteiger partial charge in [-0.1, -0.05) is 72.8 Å². The minimum atomic E-state index is -0.581. The molecule has 0 aliphatic rings. The predicted molar refractivity (Wildman–Crippen MR) is 121 cm³/mol. The molecule has 1 aromatic heterocycles. The van der Waals surface area contributed by atoms with Crippen LogP contribution in [0.4, 0.5) is 0 Å². The average molecular weight is 390 g/mol. The molecule has 4 nitrogen and oxygen atoms in total. The zero-order chi connectivity index (χ0) is 20.7. The van der Waals surface area contributed by atoms with Crippen molar-refractivity contribution >= 4 is 27.7 Å². The maximum atomic E-state index is 13.3. The first-order chi connectivity index (χ1) is 14.6. The Morgan fingerprint density at radius 1 is 0.733 bits per heavy atom. The van der Waals surface area contributed by atoms with E-state index in [2.05, 4.69) is 4.98 Å². The highest BCUT2D eigenvalue weighted by Gasteiger charge is 2.22. The Morgan fingerprint density at radius 2 is 1.33 bits per heavy atom. The van der Waals surface area contributed by atoms with E-state index in [-0.39, 0.29) is 5.43 Å². The lowest BCUT2D eigenvalue weighted by atomic mass is 9.87. The number of primary amides is 1. The van der Waals surface area contributed by atoms with Gasteiger partial charge < -0.3 is 10.7 Å². The fourth-order valence-corrected chi connectivity index (χ4v) is 4.06. The second-order valence-electron chi connectivity index (χ2n) is 7.19. The van der Waals surface area contributed by atoms with Gasteiger partial charge in [-0.2, -0.15) is 0 Å². The molecule has 0 aliphatic carbocycles. The van der Waals surface area contributed by atoms with Crippen molar-refractivity contribution in [2.45, 2.75) is 0 Å². The van der Waals surface area contributed by atoms with Gasteiger partial charge in [0.25, 0.3) is 5.91 Å². The maximum Gasteiger partial charge on any atom is 0.251 e. The molecule has 0 saturated carbocycles. The first-order valence-corrected chi connectivity index (χ1v) is 9.67. The molecule has 1 amide bonds. The van der Waals surface area contributed by atoms with Crippen LogP contribution in [-0.2, 0) is 0 Å². The maximum absolute atomic E-state index is 13.3. The number of benzene rings is 4. The lowest BCUT2D eigenvalue weighted by Crippen LogP contribution is -2.17. The number of rotatable bonds is 3. The van der Waals surface area contributed by atoms with Gasteiger partial charge in [-0.3, -0.25) is 9.59 Å². The van der Waals surface area contributed by atoms with Crippen molar-refractivity contribution in [3.63, 3.8) is 0 Å².